The summed E-state index contributed by atoms with van der Waals surface area (Å²) in [6.07, 6.45) is -0.555. The van der Waals surface area contributed by atoms with Crippen molar-refractivity contribution in [2.45, 2.75) is 19.4 Å². The van der Waals surface area contributed by atoms with E-state index in [1.165, 1.54) is 0 Å². The lowest BCUT2D eigenvalue weighted by molar-refractivity contribution is -0.136. The first-order chi connectivity index (χ1) is 5.49. The lowest BCUT2D eigenvalue weighted by Gasteiger charge is -2.06. The molecule has 1 unspecified atom stereocenters. The number of aliphatic carboxylic acids is 2. The lowest BCUT2D eigenvalue weighted by Crippen LogP contribution is -2.18. The van der Waals surface area contributed by atoms with Gasteiger partial charge in [0.25, 0.3) is 0 Å². The molecule has 0 saturated carbocycles. The van der Waals surface area contributed by atoms with Crippen LogP contribution in [0.4, 0.5) is 0 Å². The molecule has 0 bridgehead atoms. The van der Waals surface area contributed by atoms with Crippen LogP contribution < -0.4 is 0 Å². The zero-order chi connectivity index (χ0) is 9.72. The molecule has 0 aliphatic heterocycles. The van der Waals surface area contributed by atoms with Crippen molar-refractivity contribution in [1.29, 1.82) is 0 Å². The van der Waals surface area contributed by atoms with Gasteiger partial charge in [-0.1, -0.05) is 6.92 Å². The Hall–Kier alpha value is -1.36. The molecule has 5 heteroatoms. The van der Waals surface area contributed by atoms with E-state index in [0.29, 0.717) is 6.08 Å². The summed E-state index contributed by atoms with van der Waals surface area (Å²) in [5.74, 6) is -2.79. The number of carboxylic acid groups (broad SMARTS) is 2. The second-order valence-electron chi connectivity index (χ2n) is 2.17. The van der Waals surface area contributed by atoms with Crippen LogP contribution in [-0.2, 0) is 9.59 Å². The van der Waals surface area contributed by atoms with Gasteiger partial charge in [0.1, 0.15) is 0 Å². The fourth-order valence-corrected chi connectivity index (χ4v) is 0.653. The average Bonchev–Trinajstić information content (AvgIpc) is 1.98. The van der Waals surface area contributed by atoms with Crippen LogP contribution in [0.5, 0.6) is 0 Å². The minimum atomic E-state index is -1.41. The summed E-state index contributed by atoms with van der Waals surface area (Å²) >= 11 is 0. The Kier molecular flexibility index (Phi) is 3.99. The van der Waals surface area contributed by atoms with E-state index in [0.717, 1.165) is 0 Å². The highest BCUT2D eigenvalue weighted by molar-refractivity contribution is 5.95. The molecule has 68 valence electrons. The maximum absolute atomic E-state index is 10.3. The summed E-state index contributed by atoms with van der Waals surface area (Å²) in [4.78, 5) is 20.4. The van der Waals surface area contributed by atoms with Crippen molar-refractivity contribution in [3.8, 4) is 0 Å². The Balaban J connectivity index is 4.66. The standard InChI is InChI=1S/C7H10O5/c1-2-5(8)4(7(11)12)3-6(9)10/h3,5,8H,2H2,1H3,(H,9,10)(H,11,12)/b4-3-. The van der Waals surface area contributed by atoms with Crippen molar-refractivity contribution in [3.05, 3.63) is 11.6 Å². The number of rotatable bonds is 4. The predicted octanol–water partition coefficient (Wildman–Crippen LogP) is -0.147. The molecule has 0 saturated heterocycles. The topological polar surface area (TPSA) is 94.8 Å². The summed E-state index contributed by atoms with van der Waals surface area (Å²) in [6, 6.07) is 0. The summed E-state index contributed by atoms with van der Waals surface area (Å²) in [5, 5.41) is 25.7. The molecular weight excluding hydrogens is 164 g/mol. The average molecular weight is 174 g/mol. The SMILES string of the molecule is CCC(O)/C(=C/C(=O)O)C(=O)O. The Morgan fingerprint density at radius 2 is 1.92 bits per heavy atom. The van der Waals surface area contributed by atoms with Crippen molar-refractivity contribution in [2.24, 2.45) is 0 Å². The van der Waals surface area contributed by atoms with Crippen LogP contribution in [0, 0.1) is 0 Å². The van der Waals surface area contributed by atoms with Gasteiger partial charge in [-0.15, -0.1) is 0 Å². The van der Waals surface area contributed by atoms with Crippen molar-refractivity contribution in [1.82, 2.24) is 0 Å². The van der Waals surface area contributed by atoms with E-state index in [-0.39, 0.29) is 6.42 Å². The van der Waals surface area contributed by atoms with Gasteiger partial charge in [0.2, 0.25) is 0 Å². The van der Waals surface area contributed by atoms with Crippen LogP contribution in [0.15, 0.2) is 11.6 Å². The molecular formula is C7H10O5. The molecule has 12 heavy (non-hydrogen) atoms. The van der Waals surface area contributed by atoms with Crippen LogP contribution in [0.3, 0.4) is 0 Å². The van der Waals surface area contributed by atoms with Gasteiger partial charge in [0, 0.05) is 6.08 Å². The maximum Gasteiger partial charge on any atom is 0.334 e. The van der Waals surface area contributed by atoms with Gasteiger partial charge >= 0.3 is 11.9 Å². The Labute approximate surface area is 68.9 Å². The summed E-state index contributed by atoms with van der Waals surface area (Å²) < 4.78 is 0. The Morgan fingerprint density at radius 1 is 1.42 bits per heavy atom. The van der Waals surface area contributed by atoms with Crippen LogP contribution >= 0.6 is 0 Å². The molecule has 0 amide bonds. The molecule has 0 aromatic heterocycles. The molecule has 0 radical (unpaired) electrons. The number of carbonyl (C=O) groups is 2. The lowest BCUT2D eigenvalue weighted by atomic mass is 10.1. The molecule has 0 aromatic rings. The summed E-state index contributed by atoms with van der Waals surface area (Å²) in [5.41, 5.74) is -0.495. The van der Waals surface area contributed by atoms with Gasteiger partial charge in [0.15, 0.2) is 0 Å². The summed E-state index contributed by atoms with van der Waals surface area (Å²) in [7, 11) is 0. The van der Waals surface area contributed by atoms with E-state index < -0.39 is 23.6 Å². The molecule has 1 atom stereocenters. The molecule has 0 aliphatic carbocycles. The highest BCUT2D eigenvalue weighted by atomic mass is 16.4. The third-order valence-corrected chi connectivity index (χ3v) is 1.27. The van der Waals surface area contributed by atoms with E-state index in [4.69, 9.17) is 15.3 Å². The molecule has 0 aliphatic rings. The van der Waals surface area contributed by atoms with E-state index >= 15 is 0 Å². The van der Waals surface area contributed by atoms with Gasteiger partial charge in [0.05, 0.1) is 11.7 Å². The van der Waals surface area contributed by atoms with Gasteiger partial charge in [-0.3, -0.25) is 0 Å². The van der Waals surface area contributed by atoms with Crippen molar-refractivity contribution < 1.29 is 24.9 Å². The van der Waals surface area contributed by atoms with Gasteiger partial charge in [-0.05, 0) is 6.42 Å². The second-order valence-corrected chi connectivity index (χ2v) is 2.17. The van der Waals surface area contributed by atoms with Crippen molar-refractivity contribution >= 4 is 11.9 Å². The number of hydrogen-bond donors (Lipinski definition) is 3. The highest BCUT2D eigenvalue weighted by Crippen LogP contribution is 2.05. The monoisotopic (exact) mass is 174 g/mol. The van der Waals surface area contributed by atoms with Crippen LogP contribution in [0.25, 0.3) is 0 Å². The minimum Gasteiger partial charge on any atom is -0.478 e. The number of carboxylic acids is 2. The number of aliphatic hydroxyl groups is 1. The Bertz CT molecular complexity index is 218. The molecule has 0 rings (SSSR count). The molecule has 0 heterocycles. The molecule has 5 nitrogen and oxygen atoms in total. The largest absolute Gasteiger partial charge is 0.478 e. The van der Waals surface area contributed by atoms with E-state index in [9.17, 15) is 9.59 Å². The molecule has 0 aromatic carbocycles. The third kappa shape index (κ3) is 3.16. The first-order valence-electron chi connectivity index (χ1n) is 3.35. The molecule has 0 spiro atoms. The normalized spacial score (nSPS) is 14.0. The summed E-state index contributed by atoms with van der Waals surface area (Å²) in [6.45, 7) is 1.56. The predicted molar refractivity (Wildman–Crippen MR) is 39.7 cm³/mol. The van der Waals surface area contributed by atoms with Crippen molar-refractivity contribution in [3.63, 3.8) is 0 Å². The fraction of sp³-hybridized carbons (Fsp3) is 0.429. The highest BCUT2D eigenvalue weighted by Gasteiger charge is 2.17. The van der Waals surface area contributed by atoms with E-state index in [1.807, 2.05) is 0 Å². The molecule has 3 N–H and O–H groups in total. The van der Waals surface area contributed by atoms with Gasteiger partial charge in [-0.2, -0.15) is 0 Å². The maximum atomic E-state index is 10.3. The number of hydrogen-bond acceptors (Lipinski definition) is 3. The van der Waals surface area contributed by atoms with E-state index in [1.54, 1.807) is 6.92 Å². The van der Waals surface area contributed by atoms with Gasteiger partial charge < -0.3 is 15.3 Å². The first kappa shape index (κ1) is 10.6. The Morgan fingerprint density at radius 3 is 2.17 bits per heavy atom. The second kappa shape index (κ2) is 4.50. The fourth-order valence-electron chi connectivity index (χ4n) is 0.653. The van der Waals surface area contributed by atoms with Crippen LogP contribution in [-0.4, -0.2) is 33.4 Å². The quantitative estimate of drug-likeness (QED) is 0.515. The van der Waals surface area contributed by atoms with Crippen molar-refractivity contribution in [2.75, 3.05) is 0 Å². The van der Waals surface area contributed by atoms with Crippen LogP contribution in [0.1, 0.15) is 13.3 Å². The minimum absolute atomic E-state index is 0.172. The number of aliphatic hydroxyl groups excluding tert-OH is 1. The zero-order valence-corrected chi connectivity index (χ0v) is 6.52. The van der Waals surface area contributed by atoms with E-state index in [2.05, 4.69) is 0 Å². The molecule has 0 fully saturated rings. The first-order valence-corrected chi connectivity index (χ1v) is 3.35. The zero-order valence-electron chi connectivity index (χ0n) is 6.52. The smallest absolute Gasteiger partial charge is 0.334 e. The van der Waals surface area contributed by atoms with Crippen LogP contribution in [0.2, 0.25) is 0 Å². The van der Waals surface area contributed by atoms with Gasteiger partial charge in [-0.25, -0.2) is 9.59 Å². The third-order valence-electron chi connectivity index (χ3n) is 1.27.